The number of ether oxygens (including phenoxy) is 1. The van der Waals surface area contributed by atoms with Gasteiger partial charge in [0.1, 0.15) is 0 Å². The van der Waals surface area contributed by atoms with Gasteiger partial charge in [0, 0.05) is 13.2 Å². The van der Waals surface area contributed by atoms with Gasteiger partial charge in [-0.3, -0.25) is 0 Å². The summed E-state index contributed by atoms with van der Waals surface area (Å²) in [6.45, 7) is 8.11. The van der Waals surface area contributed by atoms with Crippen LogP contribution in [0.15, 0.2) is 0 Å². The van der Waals surface area contributed by atoms with Gasteiger partial charge in [0.25, 0.3) is 0 Å². The average molecular weight is 230 g/mol. The van der Waals surface area contributed by atoms with E-state index >= 15 is 0 Å². The van der Waals surface area contributed by atoms with Crippen molar-refractivity contribution in [1.82, 2.24) is 0 Å². The zero-order valence-electron chi connectivity index (χ0n) is 11.4. The largest absolute Gasteiger partial charge is 0.393 e. The predicted molar refractivity (Wildman–Crippen MR) is 69.7 cm³/mol. The monoisotopic (exact) mass is 230 g/mol. The predicted octanol–water partition coefficient (Wildman–Crippen LogP) is 3.77. The average Bonchev–Trinajstić information content (AvgIpc) is 2.26. The molecule has 2 nitrogen and oxygen atoms in total. The molecular formula is C14H30O2. The highest BCUT2D eigenvalue weighted by Gasteiger charge is 2.05. The first-order chi connectivity index (χ1) is 7.70. The third-order valence-electron chi connectivity index (χ3n) is 3.06. The van der Waals surface area contributed by atoms with Crippen molar-refractivity contribution in [3.05, 3.63) is 0 Å². The van der Waals surface area contributed by atoms with Gasteiger partial charge >= 0.3 is 0 Å². The van der Waals surface area contributed by atoms with Crippen LogP contribution in [0.25, 0.3) is 0 Å². The summed E-state index contributed by atoms with van der Waals surface area (Å²) in [4.78, 5) is 0. The molecule has 0 aromatic carbocycles. The molecule has 0 aromatic rings. The van der Waals surface area contributed by atoms with Crippen LogP contribution in [0.3, 0.4) is 0 Å². The van der Waals surface area contributed by atoms with E-state index in [0.29, 0.717) is 0 Å². The van der Waals surface area contributed by atoms with Gasteiger partial charge in [0.15, 0.2) is 0 Å². The van der Waals surface area contributed by atoms with Crippen molar-refractivity contribution in [2.75, 3.05) is 13.2 Å². The molecule has 1 N–H and O–H groups in total. The van der Waals surface area contributed by atoms with Gasteiger partial charge in [-0.2, -0.15) is 0 Å². The molecule has 0 saturated carbocycles. The van der Waals surface area contributed by atoms with Crippen molar-refractivity contribution in [3.63, 3.8) is 0 Å². The second-order valence-electron chi connectivity index (χ2n) is 4.84. The minimum atomic E-state index is -0.159. The van der Waals surface area contributed by atoms with Crippen molar-refractivity contribution in [1.29, 1.82) is 0 Å². The van der Waals surface area contributed by atoms with Gasteiger partial charge in [-0.05, 0) is 38.5 Å². The minimum absolute atomic E-state index is 0.159. The fourth-order valence-electron chi connectivity index (χ4n) is 1.79. The second kappa shape index (κ2) is 11.4. The summed E-state index contributed by atoms with van der Waals surface area (Å²) < 4.78 is 5.68. The molecule has 0 saturated heterocycles. The van der Waals surface area contributed by atoms with Crippen LogP contribution in [0.5, 0.6) is 0 Å². The number of hydrogen-bond donors (Lipinski definition) is 1. The smallest absolute Gasteiger partial charge is 0.0512 e. The number of aliphatic hydroxyl groups is 1. The number of rotatable bonds is 11. The summed E-state index contributed by atoms with van der Waals surface area (Å²) in [7, 11) is 0. The van der Waals surface area contributed by atoms with Crippen molar-refractivity contribution in [2.45, 2.75) is 71.8 Å². The lowest BCUT2D eigenvalue weighted by Crippen LogP contribution is -2.10. The van der Waals surface area contributed by atoms with Gasteiger partial charge < -0.3 is 9.84 Å². The summed E-state index contributed by atoms with van der Waals surface area (Å²) in [5.74, 6) is 0.747. The number of hydrogen-bond acceptors (Lipinski definition) is 2. The second-order valence-corrected chi connectivity index (χ2v) is 4.84. The van der Waals surface area contributed by atoms with Gasteiger partial charge in [-0.15, -0.1) is 0 Å². The minimum Gasteiger partial charge on any atom is -0.393 e. The fraction of sp³-hybridized carbons (Fsp3) is 1.00. The Kier molecular flexibility index (Phi) is 11.3. The molecule has 0 amide bonds. The van der Waals surface area contributed by atoms with Crippen LogP contribution in [0.2, 0.25) is 0 Å². The van der Waals surface area contributed by atoms with Crippen LogP contribution in [-0.4, -0.2) is 24.4 Å². The summed E-state index contributed by atoms with van der Waals surface area (Å²) in [6.07, 6.45) is 8.03. The zero-order valence-corrected chi connectivity index (χ0v) is 11.4. The van der Waals surface area contributed by atoms with E-state index in [1.165, 1.54) is 25.7 Å². The van der Waals surface area contributed by atoms with Crippen LogP contribution in [-0.2, 0) is 4.74 Å². The molecule has 2 unspecified atom stereocenters. The van der Waals surface area contributed by atoms with Crippen LogP contribution in [0.4, 0.5) is 0 Å². The molecule has 0 bridgehead atoms. The Labute approximate surface area is 101 Å². The Morgan fingerprint density at radius 1 is 1.06 bits per heavy atom. The first-order valence-corrected chi connectivity index (χ1v) is 6.96. The Bertz CT molecular complexity index is 135. The number of unbranched alkanes of at least 4 members (excludes halogenated alkanes) is 2. The Balaban J connectivity index is 3.27. The van der Waals surface area contributed by atoms with E-state index < -0.39 is 0 Å². The summed E-state index contributed by atoms with van der Waals surface area (Å²) in [5, 5.41) is 9.09. The fourth-order valence-corrected chi connectivity index (χ4v) is 1.79. The maximum absolute atomic E-state index is 9.09. The topological polar surface area (TPSA) is 29.5 Å². The molecule has 0 aliphatic carbocycles. The lowest BCUT2D eigenvalue weighted by molar-refractivity contribution is 0.0879. The van der Waals surface area contributed by atoms with Crippen molar-refractivity contribution in [2.24, 2.45) is 5.92 Å². The summed E-state index contributed by atoms with van der Waals surface area (Å²) in [6, 6.07) is 0. The quantitative estimate of drug-likeness (QED) is 0.547. The summed E-state index contributed by atoms with van der Waals surface area (Å²) in [5.41, 5.74) is 0. The molecule has 0 aliphatic heterocycles. The van der Waals surface area contributed by atoms with E-state index in [2.05, 4.69) is 13.8 Å². The molecular weight excluding hydrogens is 200 g/mol. The standard InChI is InChI=1S/C14H30O2/c1-4-6-10-14(5-2)12-16-11-8-7-9-13(3)15/h13-15H,4-12H2,1-3H3. The van der Waals surface area contributed by atoms with Crippen LogP contribution in [0, 0.1) is 5.92 Å². The Morgan fingerprint density at radius 2 is 1.81 bits per heavy atom. The Morgan fingerprint density at radius 3 is 2.38 bits per heavy atom. The first-order valence-electron chi connectivity index (χ1n) is 6.96. The van der Waals surface area contributed by atoms with Crippen LogP contribution in [0.1, 0.15) is 65.7 Å². The maximum Gasteiger partial charge on any atom is 0.0512 e. The lowest BCUT2D eigenvalue weighted by Gasteiger charge is -2.14. The summed E-state index contributed by atoms with van der Waals surface area (Å²) >= 11 is 0. The number of aliphatic hydroxyl groups excluding tert-OH is 1. The molecule has 0 aromatic heterocycles. The SMILES string of the molecule is CCCCC(CC)COCCCCC(C)O. The van der Waals surface area contributed by atoms with Crippen molar-refractivity contribution < 1.29 is 9.84 Å². The van der Waals surface area contributed by atoms with E-state index in [0.717, 1.165) is 38.4 Å². The molecule has 0 rings (SSSR count). The first kappa shape index (κ1) is 15.9. The van der Waals surface area contributed by atoms with Gasteiger partial charge in [0.2, 0.25) is 0 Å². The Hall–Kier alpha value is -0.0800. The molecule has 98 valence electrons. The highest BCUT2D eigenvalue weighted by molar-refractivity contribution is 4.56. The molecule has 0 aliphatic rings. The molecule has 16 heavy (non-hydrogen) atoms. The molecule has 0 spiro atoms. The van der Waals surface area contributed by atoms with Gasteiger partial charge in [0.05, 0.1) is 6.10 Å². The molecule has 0 radical (unpaired) electrons. The van der Waals surface area contributed by atoms with Crippen molar-refractivity contribution >= 4 is 0 Å². The van der Waals surface area contributed by atoms with E-state index in [9.17, 15) is 0 Å². The van der Waals surface area contributed by atoms with Crippen LogP contribution < -0.4 is 0 Å². The highest BCUT2D eigenvalue weighted by Crippen LogP contribution is 2.13. The van der Waals surface area contributed by atoms with Crippen molar-refractivity contribution in [3.8, 4) is 0 Å². The van der Waals surface area contributed by atoms with E-state index in [1.807, 2.05) is 6.92 Å². The lowest BCUT2D eigenvalue weighted by atomic mass is 10.0. The molecule has 0 fully saturated rings. The molecule has 2 atom stereocenters. The third-order valence-corrected chi connectivity index (χ3v) is 3.06. The normalized spacial score (nSPS) is 15.0. The van der Waals surface area contributed by atoms with E-state index in [4.69, 9.17) is 9.84 Å². The van der Waals surface area contributed by atoms with E-state index in [1.54, 1.807) is 0 Å². The van der Waals surface area contributed by atoms with E-state index in [-0.39, 0.29) is 6.10 Å². The molecule has 0 heterocycles. The van der Waals surface area contributed by atoms with Crippen LogP contribution >= 0.6 is 0 Å². The molecule has 2 heteroatoms. The third kappa shape index (κ3) is 10.4. The van der Waals surface area contributed by atoms with Gasteiger partial charge in [-0.1, -0.05) is 33.1 Å². The maximum atomic E-state index is 9.09. The highest BCUT2D eigenvalue weighted by atomic mass is 16.5. The van der Waals surface area contributed by atoms with Gasteiger partial charge in [-0.25, -0.2) is 0 Å². The zero-order chi connectivity index (χ0) is 12.2.